The van der Waals surface area contributed by atoms with Gasteiger partial charge in [0.1, 0.15) is 12.6 Å². The van der Waals surface area contributed by atoms with Gasteiger partial charge in [-0.15, -0.1) is 0 Å². The summed E-state index contributed by atoms with van der Waals surface area (Å²) in [7, 11) is 0. The first-order chi connectivity index (χ1) is 14.2. The average Bonchev–Trinajstić information content (AvgIpc) is 3.01. The van der Waals surface area contributed by atoms with Crippen molar-refractivity contribution in [2.24, 2.45) is 5.92 Å². The van der Waals surface area contributed by atoms with Crippen molar-refractivity contribution >= 4 is 18.0 Å². The Morgan fingerprint density at radius 2 is 1.87 bits per heavy atom. The number of hydrogen-bond acceptors (Lipinski definition) is 5. The number of alkyl halides is 2. The molecule has 30 heavy (non-hydrogen) atoms. The third kappa shape index (κ3) is 6.14. The van der Waals surface area contributed by atoms with Gasteiger partial charge in [0, 0.05) is 13.0 Å². The Bertz CT molecular complexity index is 742. The van der Waals surface area contributed by atoms with Crippen LogP contribution in [-0.4, -0.2) is 54.0 Å². The van der Waals surface area contributed by atoms with E-state index in [1.807, 2.05) is 13.8 Å². The molecule has 0 unspecified atom stereocenters. The quantitative estimate of drug-likeness (QED) is 0.646. The molecule has 2 rings (SSSR count). The molecule has 2 atom stereocenters. The average molecular weight is 426 g/mol. The van der Waals surface area contributed by atoms with E-state index < -0.39 is 42.4 Å². The molecular weight excluding hydrogens is 398 g/mol. The van der Waals surface area contributed by atoms with Crippen LogP contribution in [0.1, 0.15) is 39.2 Å². The summed E-state index contributed by atoms with van der Waals surface area (Å²) >= 11 is 0. The van der Waals surface area contributed by atoms with Crippen LogP contribution >= 0.6 is 0 Å². The molecule has 1 fully saturated rings. The number of amides is 2. The van der Waals surface area contributed by atoms with E-state index in [-0.39, 0.29) is 32.1 Å². The molecule has 0 radical (unpaired) electrons. The molecule has 1 aromatic carbocycles. The van der Waals surface area contributed by atoms with Gasteiger partial charge in [-0.3, -0.25) is 9.69 Å². The van der Waals surface area contributed by atoms with Crippen LogP contribution in [0.25, 0.3) is 0 Å². The molecule has 1 N–H and O–H groups in total. The highest BCUT2D eigenvalue weighted by Crippen LogP contribution is 2.35. The molecule has 1 heterocycles. The minimum atomic E-state index is -3.44. The Balaban J connectivity index is 2.10. The van der Waals surface area contributed by atoms with Gasteiger partial charge in [-0.2, -0.15) is 0 Å². The Morgan fingerprint density at radius 1 is 1.20 bits per heavy atom. The van der Waals surface area contributed by atoms with Crippen LogP contribution in [-0.2, 0) is 25.7 Å². The van der Waals surface area contributed by atoms with E-state index >= 15 is 0 Å². The van der Waals surface area contributed by atoms with Crippen LogP contribution < -0.4 is 5.32 Å². The Labute approximate surface area is 174 Å². The molecule has 2 amide bonds. The molecule has 166 valence electrons. The fraction of sp³-hybridized carbons (Fsp3) is 0.571. The lowest BCUT2D eigenvalue weighted by Crippen LogP contribution is -2.56. The number of benzene rings is 1. The minimum Gasteiger partial charge on any atom is -0.464 e. The lowest BCUT2D eigenvalue weighted by Gasteiger charge is -2.28. The van der Waals surface area contributed by atoms with E-state index in [0.717, 1.165) is 4.90 Å². The molecule has 0 spiro atoms. The van der Waals surface area contributed by atoms with Crippen molar-refractivity contribution in [2.45, 2.75) is 58.2 Å². The van der Waals surface area contributed by atoms with Crippen molar-refractivity contribution in [3.8, 4) is 0 Å². The molecular formula is C21H28F2N2O5. The number of carbonyl (C=O) groups is 3. The number of ether oxygens (including phenoxy) is 2. The normalized spacial score (nSPS) is 18.7. The van der Waals surface area contributed by atoms with Crippen molar-refractivity contribution in [3.05, 3.63) is 35.9 Å². The van der Waals surface area contributed by atoms with Crippen molar-refractivity contribution < 1.29 is 32.6 Å². The summed E-state index contributed by atoms with van der Waals surface area (Å²) in [5.41, 5.74) is 0.692. The van der Waals surface area contributed by atoms with Crippen LogP contribution in [0, 0.1) is 5.92 Å². The van der Waals surface area contributed by atoms with Crippen LogP contribution in [0.15, 0.2) is 30.3 Å². The van der Waals surface area contributed by atoms with Crippen molar-refractivity contribution in [1.82, 2.24) is 10.2 Å². The first-order valence-corrected chi connectivity index (χ1v) is 9.97. The van der Waals surface area contributed by atoms with E-state index in [0.29, 0.717) is 5.56 Å². The Morgan fingerprint density at radius 3 is 2.47 bits per heavy atom. The summed E-state index contributed by atoms with van der Waals surface area (Å²) in [6, 6.07) is 5.64. The van der Waals surface area contributed by atoms with Crippen molar-refractivity contribution in [1.29, 1.82) is 0 Å². The zero-order valence-corrected chi connectivity index (χ0v) is 17.4. The summed E-state index contributed by atoms with van der Waals surface area (Å²) in [6.45, 7) is 4.94. The maximum atomic E-state index is 14.5. The van der Waals surface area contributed by atoms with Gasteiger partial charge >= 0.3 is 12.1 Å². The van der Waals surface area contributed by atoms with Gasteiger partial charge < -0.3 is 14.8 Å². The van der Waals surface area contributed by atoms with Crippen molar-refractivity contribution in [2.75, 3.05) is 13.2 Å². The number of likely N-dealkylation sites (tertiary alicyclic amines) is 1. The molecule has 0 saturated carbocycles. The van der Waals surface area contributed by atoms with Gasteiger partial charge in [0.15, 0.2) is 6.04 Å². The van der Waals surface area contributed by atoms with Crippen LogP contribution in [0.5, 0.6) is 0 Å². The topological polar surface area (TPSA) is 84.9 Å². The third-order valence-electron chi connectivity index (χ3n) is 4.68. The van der Waals surface area contributed by atoms with Crippen LogP contribution in [0.4, 0.5) is 13.6 Å². The smallest absolute Gasteiger partial charge is 0.410 e. The van der Waals surface area contributed by atoms with Gasteiger partial charge in [0.05, 0.1) is 6.61 Å². The maximum Gasteiger partial charge on any atom is 0.410 e. The van der Waals surface area contributed by atoms with Gasteiger partial charge in [0.2, 0.25) is 5.91 Å². The van der Waals surface area contributed by atoms with E-state index in [1.165, 1.54) is 0 Å². The summed E-state index contributed by atoms with van der Waals surface area (Å²) in [6.07, 6.45) is -1.45. The predicted molar refractivity (Wildman–Crippen MR) is 105 cm³/mol. The first-order valence-electron chi connectivity index (χ1n) is 9.97. The van der Waals surface area contributed by atoms with E-state index in [2.05, 4.69) is 5.32 Å². The van der Waals surface area contributed by atoms with Gasteiger partial charge in [0.25, 0.3) is 5.92 Å². The molecule has 1 saturated heterocycles. The Kier molecular flexibility index (Phi) is 8.14. The molecule has 1 aromatic rings. The molecule has 7 nitrogen and oxygen atoms in total. The van der Waals surface area contributed by atoms with Crippen molar-refractivity contribution in [3.63, 3.8) is 0 Å². The van der Waals surface area contributed by atoms with Crippen LogP contribution in [0.2, 0.25) is 0 Å². The fourth-order valence-corrected chi connectivity index (χ4v) is 3.27. The van der Waals surface area contributed by atoms with Gasteiger partial charge in [-0.1, -0.05) is 44.2 Å². The van der Waals surface area contributed by atoms with E-state index in [4.69, 9.17) is 9.47 Å². The number of nitrogens with one attached hydrogen (secondary N) is 1. The standard InChI is InChI=1S/C21H28F2N2O5/c1-4-29-19(27)16(12-14(2)3)24-18(26)17-21(22,23)10-11-25(17)20(28)30-13-15-8-6-5-7-9-15/h5-9,14,16-17H,4,10-13H2,1-3H3,(H,24,26)/t16-,17-/m1/s1. The number of halogens is 2. The SMILES string of the molecule is CCOC(=O)[C@@H](CC(C)C)NC(=O)[C@H]1N(C(=O)OCc2ccccc2)CCC1(F)F. The predicted octanol–water partition coefficient (Wildman–Crippen LogP) is 3.13. The monoisotopic (exact) mass is 426 g/mol. The molecule has 0 bridgehead atoms. The van der Waals surface area contributed by atoms with E-state index in [9.17, 15) is 23.2 Å². The highest BCUT2D eigenvalue weighted by molar-refractivity contribution is 5.91. The number of nitrogens with zero attached hydrogens (tertiary/aromatic N) is 1. The van der Waals surface area contributed by atoms with Gasteiger partial charge in [-0.05, 0) is 24.8 Å². The van der Waals surface area contributed by atoms with Gasteiger partial charge in [-0.25, -0.2) is 18.4 Å². The molecule has 1 aliphatic heterocycles. The highest BCUT2D eigenvalue weighted by Gasteiger charge is 2.55. The van der Waals surface area contributed by atoms with E-state index in [1.54, 1.807) is 37.3 Å². The summed E-state index contributed by atoms with van der Waals surface area (Å²) in [5.74, 6) is -5.23. The largest absolute Gasteiger partial charge is 0.464 e. The number of esters is 1. The maximum absolute atomic E-state index is 14.5. The first kappa shape index (κ1) is 23.6. The molecule has 0 aliphatic carbocycles. The number of carbonyl (C=O) groups excluding carboxylic acids is 3. The lowest BCUT2D eigenvalue weighted by atomic mass is 10.0. The fourth-order valence-electron chi connectivity index (χ4n) is 3.27. The second-order valence-corrected chi connectivity index (χ2v) is 7.59. The Hall–Kier alpha value is -2.71. The summed E-state index contributed by atoms with van der Waals surface area (Å²) < 4.78 is 39.0. The zero-order valence-electron chi connectivity index (χ0n) is 17.4. The summed E-state index contributed by atoms with van der Waals surface area (Å²) in [5, 5.41) is 2.35. The second kappa shape index (κ2) is 10.4. The third-order valence-corrected chi connectivity index (χ3v) is 4.68. The minimum absolute atomic E-state index is 0.00994. The van der Waals surface area contributed by atoms with Crippen LogP contribution in [0.3, 0.4) is 0 Å². The second-order valence-electron chi connectivity index (χ2n) is 7.59. The number of hydrogen-bond donors (Lipinski definition) is 1. The number of rotatable bonds is 8. The lowest BCUT2D eigenvalue weighted by molar-refractivity contribution is -0.150. The highest BCUT2D eigenvalue weighted by atomic mass is 19.3. The summed E-state index contributed by atoms with van der Waals surface area (Å²) in [4.78, 5) is 38.0. The zero-order chi connectivity index (χ0) is 22.3. The molecule has 9 heteroatoms. The molecule has 0 aromatic heterocycles. The molecule has 1 aliphatic rings.